The van der Waals surface area contributed by atoms with E-state index in [-0.39, 0.29) is 10.8 Å². The maximum absolute atomic E-state index is 13.6. The zero-order valence-electron chi connectivity index (χ0n) is 14.6. The lowest BCUT2D eigenvalue weighted by Crippen LogP contribution is -2.11. The van der Waals surface area contributed by atoms with Crippen molar-refractivity contribution in [2.24, 2.45) is 5.92 Å². The van der Waals surface area contributed by atoms with Crippen LogP contribution in [0.3, 0.4) is 0 Å². The van der Waals surface area contributed by atoms with Crippen LogP contribution >= 0.6 is 11.6 Å². The maximum atomic E-state index is 13.6. The zero-order chi connectivity index (χ0) is 17.6. The fourth-order valence-corrected chi connectivity index (χ4v) is 3.73. The average molecular weight is 359 g/mol. The lowest BCUT2D eigenvalue weighted by Gasteiger charge is -2.27. The molecule has 0 amide bonds. The van der Waals surface area contributed by atoms with Gasteiger partial charge in [0.15, 0.2) is 0 Å². The van der Waals surface area contributed by atoms with Gasteiger partial charge in [0.1, 0.15) is 5.82 Å². The molecule has 25 heavy (non-hydrogen) atoms. The van der Waals surface area contributed by atoms with Crippen molar-refractivity contribution < 1.29 is 9.13 Å². The number of hydrogen-bond acceptors (Lipinski definition) is 1. The number of benzene rings is 2. The van der Waals surface area contributed by atoms with Crippen LogP contribution in [0.4, 0.5) is 4.39 Å². The molecule has 0 aliphatic heterocycles. The monoisotopic (exact) mass is 358 g/mol. The molecule has 3 rings (SSSR count). The second kappa shape index (κ2) is 8.64. The van der Waals surface area contributed by atoms with Crippen LogP contribution in [0.1, 0.15) is 37.2 Å². The second-order valence-corrected chi connectivity index (χ2v) is 7.15. The molecule has 1 aliphatic rings. The van der Waals surface area contributed by atoms with E-state index >= 15 is 0 Å². The van der Waals surface area contributed by atoms with Gasteiger partial charge in [-0.2, -0.15) is 0 Å². The number of halogens is 2. The van der Waals surface area contributed by atoms with E-state index in [1.165, 1.54) is 37.3 Å². The van der Waals surface area contributed by atoms with Crippen molar-refractivity contribution >= 4 is 11.6 Å². The van der Waals surface area contributed by atoms with Crippen molar-refractivity contribution in [3.8, 4) is 11.1 Å². The summed E-state index contributed by atoms with van der Waals surface area (Å²) in [5.41, 5.74) is 3.27. The van der Waals surface area contributed by atoms with Crippen LogP contribution in [0.15, 0.2) is 54.6 Å². The molecule has 132 valence electrons. The summed E-state index contributed by atoms with van der Waals surface area (Å²) in [5.74, 6) is 0.939. The fourth-order valence-electron chi connectivity index (χ4n) is 3.61. The van der Waals surface area contributed by atoms with Gasteiger partial charge < -0.3 is 4.74 Å². The standard InChI is InChI=1S/C22H24ClFO/c1-25-14-2-3-16-4-6-17(7-5-16)18-8-10-19(11-9-18)20-12-13-21(23)22(24)15-20/h2-3,8-13,15-17H,4-7,14H2,1H3/t16-,17-. The molecule has 3 heteroatoms. The minimum absolute atomic E-state index is 0.164. The van der Waals surface area contributed by atoms with E-state index < -0.39 is 0 Å². The quantitative estimate of drug-likeness (QED) is 0.545. The Labute approximate surface area is 154 Å². The maximum Gasteiger partial charge on any atom is 0.142 e. The highest BCUT2D eigenvalue weighted by Gasteiger charge is 2.20. The fraction of sp³-hybridized carbons (Fsp3) is 0.364. The number of allylic oxidation sites excluding steroid dienone is 1. The van der Waals surface area contributed by atoms with Gasteiger partial charge in [-0.05, 0) is 66.3 Å². The van der Waals surface area contributed by atoms with E-state index in [2.05, 4.69) is 36.4 Å². The van der Waals surface area contributed by atoms with E-state index in [1.54, 1.807) is 13.2 Å². The van der Waals surface area contributed by atoms with Crippen LogP contribution < -0.4 is 0 Å². The van der Waals surface area contributed by atoms with Crippen molar-refractivity contribution in [3.63, 3.8) is 0 Å². The molecule has 0 aromatic heterocycles. The Morgan fingerprint density at radius 1 is 1.04 bits per heavy atom. The molecule has 1 fully saturated rings. The molecule has 0 spiro atoms. The molecule has 0 atom stereocenters. The third kappa shape index (κ3) is 4.71. The van der Waals surface area contributed by atoms with Gasteiger partial charge >= 0.3 is 0 Å². The van der Waals surface area contributed by atoms with E-state index in [9.17, 15) is 4.39 Å². The normalized spacial score (nSPS) is 20.9. The topological polar surface area (TPSA) is 9.23 Å². The van der Waals surface area contributed by atoms with Gasteiger partial charge in [0.25, 0.3) is 0 Å². The summed E-state index contributed by atoms with van der Waals surface area (Å²) < 4.78 is 18.7. The first-order valence-electron chi connectivity index (χ1n) is 8.88. The number of methoxy groups -OCH3 is 1. The third-order valence-corrected chi connectivity index (χ3v) is 5.38. The Hall–Kier alpha value is -1.64. The minimum Gasteiger partial charge on any atom is -0.381 e. The summed E-state index contributed by atoms with van der Waals surface area (Å²) in [7, 11) is 1.73. The van der Waals surface area contributed by atoms with Gasteiger partial charge in [0.05, 0.1) is 11.6 Å². The van der Waals surface area contributed by atoms with Gasteiger partial charge in [-0.25, -0.2) is 4.39 Å². The van der Waals surface area contributed by atoms with Crippen molar-refractivity contribution in [1.29, 1.82) is 0 Å². The van der Waals surface area contributed by atoms with Gasteiger partial charge in [-0.15, -0.1) is 0 Å². The van der Waals surface area contributed by atoms with Crippen LogP contribution in [-0.4, -0.2) is 13.7 Å². The van der Waals surface area contributed by atoms with Crippen molar-refractivity contribution in [2.75, 3.05) is 13.7 Å². The smallest absolute Gasteiger partial charge is 0.142 e. The van der Waals surface area contributed by atoms with Gasteiger partial charge in [0, 0.05) is 7.11 Å². The summed E-state index contributed by atoms with van der Waals surface area (Å²) in [6.45, 7) is 0.701. The van der Waals surface area contributed by atoms with Gasteiger partial charge in [-0.3, -0.25) is 0 Å². The second-order valence-electron chi connectivity index (χ2n) is 6.75. The number of hydrogen-bond donors (Lipinski definition) is 0. The zero-order valence-corrected chi connectivity index (χ0v) is 15.3. The molecule has 2 aromatic carbocycles. The first kappa shape index (κ1) is 18.2. The van der Waals surface area contributed by atoms with Gasteiger partial charge in [0.2, 0.25) is 0 Å². The first-order valence-corrected chi connectivity index (χ1v) is 9.26. The molecule has 0 bridgehead atoms. The predicted octanol–water partition coefficient (Wildman–Crippen LogP) is 6.62. The lowest BCUT2D eigenvalue weighted by atomic mass is 9.78. The molecular weight excluding hydrogens is 335 g/mol. The van der Waals surface area contributed by atoms with Crippen molar-refractivity contribution in [3.05, 3.63) is 71.0 Å². The van der Waals surface area contributed by atoms with Crippen LogP contribution in [0, 0.1) is 11.7 Å². The van der Waals surface area contributed by atoms with E-state index in [0.717, 1.165) is 11.1 Å². The highest BCUT2D eigenvalue weighted by atomic mass is 35.5. The highest BCUT2D eigenvalue weighted by Crippen LogP contribution is 2.37. The average Bonchev–Trinajstić information content (AvgIpc) is 2.65. The molecular formula is C22H24ClFO. The van der Waals surface area contributed by atoms with Crippen molar-refractivity contribution in [1.82, 2.24) is 0 Å². The molecule has 0 saturated heterocycles. The van der Waals surface area contributed by atoms with Crippen molar-refractivity contribution in [2.45, 2.75) is 31.6 Å². The highest BCUT2D eigenvalue weighted by molar-refractivity contribution is 6.30. The minimum atomic E-state index is -0.372. The number of ether oxygens (including phenoxy) is 1. The Bertz CT molecular complexity index is 715. The molecule has 1 aliphatic carbocycles. The molecule has 1 saturated carbocycles. The van der Waals surface area contributed by atoms with E-state index in [4.69, 9.17) is 16.3 Å². The molecule has 0 radical (unpaired) electrons. The van der Waals surface area contributed by atoms with Crippen LogP contribution in [0.25, 0.3) is 11.1 Å². The molecule has 0 unspecified atom stereocenters. The Morgan fingerprint density at radius 3 is 2.36 bits per heavy atom. The van der Waals surface area contributed by atoms with Crippen LogP contribution in [0.2, 0.25) is 5.02 Å². The molecule has 0 heterocycles. The summed E-state index contributed by atoms with van der Waals surface area (Å²) >= 11 is 5.76. The molecule has 2 aromatic rings. The van der Waals surface area contributed by atoms with Crippen LogP contribution in [-0.2, 0) is 4.74 Å². The Balaban J connectivity index is 1.62. The van der Waals surface area contributed by atoms with Crippen LogP contribution in [0.5, 0.6) is 0 Å². The predicted molar refractivity (Wildman–Crippen MR) is 103 cm³/mol. The summed E-state index contributed by atoms with van der Waals surface area (Å²) in [6, 6.07) is 13.5. The number of rotatable bonds is 5. The van der Waals surface area contributed by atoms with Gasteiger partial charge in [-0.1, -0.05) is 54.1 Å². The third-order valence-electron chi connectivity index (χ3n) is 5.08. The molecule has 0 N–H and O–H groups in total. The first-order chi connectivity index (χ1) is 12.2. The Kier molecular flexibility index (Phi) is 6.28. The molecule has 1 nitrogen and oxygen atoms in total. The summed E-state index contributed by atoms with van der Waals surface area (Å²) in [6.07, 6.45) is 9.33. The van der Waals surface area contributed by atoms with E-state index in [1.807, 2.05) is 6.07 Å². The summed E-state index contributed by atoms with van der Waals surface area (Å²) in [5, 5.41) is 0.164. The summed E-state index contributed by atoms with van der Waals surface area (Å²) in [4.78, 5) is 0. The van der Waals surface area contributed by atoms with E-state index in [0.29, 0.717) is 18.4 Å². The SMILES string of the molecule is COCC=C[C@H]1CC[C@H](c2ccc(-c3ccc(Cl)c(F)c3)cc2)CC1. The largest absolute Gasteiger partial charge is 0.381 e. The Morgan fingerprint density at radius 2 is 1.72 bits per heavy atom. The lowest BCUT2D eigenvalue weighted by molar-refractivity contribution is 0.233.